The normalized spacial score (nSPS) is 31.4. The monoisotopic (exact) mass is 345 g/mol. The van der Waals surface area contributed by atoms with Gasteiger partial charge in [-0.05, 0) is 18.9 Å². The highest BCUT2D eigenvalue weighted by molar-refractivity contribution is 6.06. The van der Waals surface area contributed by atoms with Gasteiger partial charge in [-0.15, -0.1) is 0 Å². The van der Waals surface area contributed by atoms with Gasteiger partial charge < -0.3 is 19.1 Å². The van der Waals surface area contributed by atoms with Crippen LogP contribution in [-0.4, -0.2) is 51.1 Å². The Labute approximate surface area is 147 Å². The van der Waals surface area contributed by atoms with Crippen LogP contribution in [-0.2, 0) is 24.8 Å². The van der Waals surface area contributed by atoms with Crippen molar-refractivity contribution in [2.75, 3.05) is 37.9 Å². The van der Waals surface area contributed by atoms with Crippen LogP contribution in [0.3, 0.4) is 0 Å². The summed E-state index contributed by atoms with van der Waals surface area (Å²) < 4.78 is 18.1. The van der Waals surface area contributed by atoms with Crippen molar-refractivity contribution in [3.8, 4) is 0 Å². The van der Waals surface area contributed by atoms with Crippen LogP contribution in [0.15, 0.2) is 24.3 Å². The van der Waals surface area contributed by atoms with Crippen LogP contribution in [0.4, 0.5) is 5.69 Å². The molecule has 134 valence electrons. The Bertz CT molecular complexity index is 659. The molecule has 6 heteroatoms. The van der Waals surface area contributed by atoms with E-state index in [1.807, 2.05) is 29.2 Å². The fourth-order valence-electron chi connectivity index (χ4n) is 4.60. The van der Waals surface area contributed by atoms with E-state index in [0.29, 0.717) is 6.67 Å². The molecule has 1 aliphatic carbocycles. The average Bonchev–Trinajstić information content (AvgIpc) is 3.15. The molecule has 25 heavy (non-hydrogen) atoms. The van der Waals surface area contributed by atoms with Crippen molar-refractivity contribution in [3.63, 3.8) is 0 Å². The first kappa shape index (κ1) is 15.8. The van der Waals surface area contributed by atoms with E-state index in [0.717, 1.165) is 63.2 Å². The molecule has 1 spiro atoms. The zero-order chi connectivity index (χ0) is 16.9. The van der Waals surface area contributed by atoms with E-state index in [2.05, 4.69) is 0 Å². The van der Waals surface area contributed by atoms with E-state index in [-0.39, 0.29) is 18.1 Å². The van der Waals surface area contributed by atoms with E-state index < -0.39 is 5.79 Å². The number of nitrogens with one attached hydrogen (secondary N) is 1. The zero-order valence-electron chi connectivity index (χ0n) is 14.4. The maximum absolute atomic E-state index is 13.4. The van der Waals surface area contributed by atoms with Gasteiger partial charge in [-0.25, -0.2) is 0 Å². The molecule has 0 bridgehead atoms. The molecule has 3 fully saturated rings. The number of ether oxygens (including phenoxy) is 3. The summed E-state index contributed by atoms with van der Waals surface area (Å²) in [7, 11) is 0. The van der Waals surface area contributed by atoms with Crippen molar-refractivity contribution in [2.45, 2.75) is 43.7 Å². The van der Waals surface area contributed by atoms with Gasteiger partial charge in [-0.2, -0.15) is 0 Å². The summed E-state index contributed by atoms with van der Waals surface area (Å²) in [5, 5.41) is 0. The average molecular weight is 345 g/mol. The molecule has 5 rings (SSSR count). The molecule has 1 aromatic rings. The molecule has 1 aromatic carbocycles. The second-order valence-corrected chi connectivity index (χ2v) is 7.48. The number of fused-ring (bicyclic) bond motifs is 3. The number of hydrogen-bond acceptors (Lipinski definition) is 4. The van der Waals surface area contributed by atoms with Crippen molar-refractivity contribution in [2.24, 2.45) is 0 Å². The number of carbonyl (C=O) groups excluding carboxylic acids is 1. The minimum absolute atomic E-state index is 0.0430. The molecule has 6 nitrogen and oxygen atoms in total. The van der Waals surface area contributed by atoms with E-state index in [1.54, 1.807) is 0 Å². The van der Waals surface area contributed by atoms with Gasteiger partial charge in [0.15, 0.2) is 6.67 Å². The summed E-state index contributed by atoms with van der Waals surface area (Å²) in [4.78, 5) is 16.7. The smallest absolute Gasteiger partial charge is 0.296 e. The topological polar surface area (TPSA) is 52.4 Å². The summed E-state index contributed by atoms with van der Waals surface area (Å²) >= 11 is 0. The molecular weight excluding hydrogens is 320 g/mol. The van der Waals surface area contributed by atoms with Gasteiger partial charge in [0.1, 0.15) is 13.1 Å². The standard InChI is InChI=1S/C19H24N2O4/c22-18-19(24-16-7-3-4-8-17(16)25-19)14-5-1-2-6-15(14)21(18)13-20-9-11-23-12-10-20/h1-2,5-6,16-17H,3-4,7-13H2/p+1/t16-,17-/m0/s1. The maximum atomic E-state index is 13.4. The van der Waals surface area contributed by atoms with Gasteiger partial charge in [0.25, 0.3) is 11.7 Å². The number of para-hydroxylation sites is 1. The summed E-state index contributed by atoms with van der Waals surface area (Å²) in [6, 6.07) is 7.94. The molecule has 0 radical (unpaired) electrons. The molecule has 3 heterocycles. The molecule has 1 N–H and O–H groups in total. The Kier molecular flexibility index (Phi) is 3.82. The van der Waals surface area contributed by atoms with Crippen molar-refractivity contribution in [1.82, 2.24) is 0 Å². The van der Waals surface area contributed by atoms with Crippen LogP contribution >= 0.6 is 0 Å². The van der Waals surface area contributed by atoms with Crippen LogP contribution in [0.2, 0.25) is 0 Å². The number of anilines is 1. The van der Waals surface area contributed by atoms with Crippen LogP contribution in [0.25, 0.3) is 0 Å². The Balaban J connectivity index is 1.48. The summed E-state index contributed by atoms with van der Waals surface area (Å²) in [6.07, 6.45) is 4.35. The van der Waals surface area contributed by atoms with Gasteiger partial charge in [0, 0.05) is 5.56 Å². The number of quaternary nitrogens is 1. The van der Waals surface area contributed by atoms with E-state index in [4.69, 9.17) is 14.2 Å². The lowest BCUT2D eigenvalue weighted by Crippen LogP contribution is -3.15. The molecule has 0 aromatic heterocycles. The second-order valence-electron chi connectivity index (χ2n) is 7.48. The van der Waals surface area contributed by atoms with Gasteiger partial charge in [-0.3, -0.25) is 9.69 Å². The van der Waals surface area contributed by atoms with E-state index in [1.165, 1.54) is 4.90 Å². The lowest BCUT2D eigenvalue weighted by Gasteiger charge is -2.29. The van der Waals surface area contributed by atoms with Crippen molar-refractivity contribution >= 4 is 11.6 Å². The van der Waals surface area contributed by atoms with Crippen LogP contribution in [0.5, 0.6) is 0 Å². The molecule has 2 atom stereocenters. The Morgan fingerprint density at radius 3 is 2.48 bits per heavy atom. The quantitative estimate of drug-likeness (QED) is 0.844. The van der Waals surface area contributed by atoms with Gasteiger partial charge in [0.05, 0.1) is 31.1 Å². The van der Waals surface area contributed by atoms with Crippen molar-refractivity contribution in [3.05, 3.63) is 29.8 Å². The highest BCUT2D eigenvalue weighted by atomic mass is 16.8. The van der Waals surface area contributed by atoms with E-state index >= 15 is 0 Å². The summed E-state index contributed by atoms with van der Waals surface area (Å²) in [5.74, 6) is -1.27. The first-order valence-corrected chi connectivity index (χ1v) is 9.46. The number of rotatable bonds is 2. The minimum atomic E-state index is -1.22. The molecule has 0 unspecified atom stereocenters. The second kappa shape index (κ2) is 6.06. The van der Waals surface area contributed by atoms with Crippen molar-refractivity contribution in [1.29, 1.82) is 0 Å². The molecule has 4 aliphatic rings. The predicted octanol–water partition coefficient (Wildman–Crippen LogP) is 0.417. The van der Waals surface area contributed by atoms with Gasteiger partial charge in [0.2, 0.25) is 0 Å². The number of amides is 1. The lowest BCUT2D eigenvalue weighted by molar-refractivity contribution is -0.906. The SMILES string of the molecule is O=C1N(C[NH+]2CCOCC2)c2ccccc2C12O[C@H]1CCCC[C@@H]1O2. The molecule has 1 amide bonds. The van der Waals surface area contributed by atoms with Gasteiger partial charge >= 0.3 is 0 Å². The molecular formula is C19H25N2O4+. The number of hydrogen-bond donors (Lipinski definition) is 1. The van der Waals surface area contributed by atoms with Crippen LogP contribution in [0.1, 0.15) is 31.2 Å². The third-order valence-electron chi connectivity index (χ3n) is 5.93. The third-order valence-corrected chi connectivity index (χ3v) is 5.93. The molecule has 1 saturated carbocycles. The number of carbonyl (C=O) groups is 1. The number of morpholine rings is 1. The van der Waals surface area contributed by atoms with Crippen molar-refractivity contribution < 1.29 is 23.9 Å². The number of benzene rings is 1. The largest absolute Gasteiger partial charge is 0.370 e. The van der Waals surface area contributed by atoms with Crippen LogP contribution < -0.4 is 9.80 Å². The van der Waals surface area contributed by atoms with E-state index in [9.17, 15) is 4.79 Å². The highest BCUT2D eigenvalue weighted by Crippen LogP contribution is 2.50. The summed E-state index contributed by atoms with van der Waals surface area (Å²) in [5.41, 5.74) is 1.81. The third kappa shape index (κ3) is 2.43. The van der Waals surface area contributed by atoms with Gasteiger partial charge in [-0.1, -0.05) is 31.0 Å². The highest BCUT2D eigenvalue weighted by Gasteiger charge is 2.61. The molecule has 2 saturated heterocycles. The zero-order valence-corrected chi connectivity index (χ0v) is 14.4. The molecule has 3 aliphatic heterocycles. The Morgan fingerprint density at radius 2 is 1.76 bits per heavy atom. The predicted molar refractivity (Wildman–Crippen MR) is 90.2 cm³/mol. The Hall–Kier alpha value is -1.47. The first-order chi connectivity index (χ1) is 12.3. The minimum Gasteiger partial charge on any atom is -0.370 e. The Morgan fingerprint density at radius 1 is 1.08 bits per heavy atom. The first-order valence-electron chi connectivity index (χ1n) is 9.46. The van der Waals surface area contributed by atoms with Crippen LogP contribution in [0, 0.1) is 0 Å². The fourth-order valence-corrected chi connectivity index (χ4v) is 4.60. The summed E-state index contributed by atoms with van der Waals surface area (Å²) in [6.45, 7) is 3.99. The number of nitrogens with zero attached hydrogens (tertiary/aromatic N) is 1. The lowest BCUT2D eigenvalue weighted by atomic mass is 9.95. The maximum Gasteiger partial charge on any atom is 0.296 e. The fraction of sp³-hybridized carbons (Fsp3) is 0.632.